The van der Waals surface area contributed by atoms with Crippen molar-refractivity contribution in [2.45, 2.75) is 0 Å². The average Bonchev–Trinajstić information content (AvgIpc) is 2.01. The zero-order chi connectivity index (χ0) is 13.2. The predicted molar refractivity (Wildman–Crippen MR) is 52.9 cm³/mol. The first-order valence-corrected chi connectivity index (χ1v) is 6.14. The zero-order valence-electron chi connectivity index (χ0n) is 8.66. The summed E-state index contributed by atoms with van der Waals surface area (Å²) in [4.78, 5) is 0. The quantitative estimate of drug-likeness (QED) is 0.261. The smallest absolute Gasteiger partial charge is 0.726 e. The normalized spacial score (nSPS) is 9.65. The number of hydrogen-bond donors (Lipinski definition) is 3. The molecule has 0 atom stereocenters. The average molecular weight is 296 g/mol. The molecule has 0 unspecified atom stereocenters. The van der Waals surface area contributed by atoms with E-state index in [2.05, 4.69) is 0 Å². The van der Waals surface area contributed by atoms with Crippen LogP contribution in [-0.2, 0) is 20.8 Å². The SMILES string of the molecule is O=S(=O)(O)O.O=S(=O)([O-])O.[Na+].c1ccccc1. The third-order valence-electron chi connectivity index (χ3n) is 0.667. The van der Waals surface area contributed by atoms with Gasteiger partial charge in [-0.2, -0.15) is 8.42 Å². The van der Waals surface area contributed by atoms with Crippen molar-refractivity contribution in [1.82, 2.24) is 0 Å². The molecule has 17 heavy (non-hydrogen) atoms. The molecule has 0 saturated carbocycles. The topological polar surface area (TPSA) is 152 Å². The molecule has 0 aliphatic heterocycles. The Hall–Kier alpha value is -0.0400. The van der Waals surface area contributed by atoms with Gasteiger partial charge in [0.2, 0.25) is 10.4 Å². The van der Waals surface area contributed by atoms with Crippen LogP contribution in [0.5, 0.6) is 0 Å². The Bertz CT molecular complexity index is 381. The van der Waals surface area contributed by atoms with Crippen molar-refractivity contribution in [3.05, 3.63) is 36.4 Å². The van der Waals surface area contributed by atoms with Crippen molar-refractivity contribution in [2.24, 2.45) is 0 Å². The van der Waals surface area contributed by atoms with Crippen LogP contribution in [0.15, 0.2) is 36.4 Å². The second kappa shape index (κ2) is 11.1. The van der Waals surface area contributed by atoms with Crippen LogP contribution in [0.25, 0.3) is 0 Å². The molecule has 1 aromatic carbocycles. The van der Waals surface area contributed by atoms with Gasteiger partial charge in [0.25, 0.3) is 0 Å². The van der Waals surface area contributed by atoms with Gasteiger partial charge in [-0.05, 0) is 0 Å². The van der Waals surface area contributed by atoms with E-state index in [4.69, 9.17) is 35.0 Å². The van der Waals surface area contributed by atoms with Crippen LogP contribution in [0.4, 0.5) is 0 Å². The number of rotatable bonds is 0. The molecule has 0 saturated heterocycles. The molecular formula is C6H9NaO8S2. The molecule has 0 amide bonds. The molecule has 0 aliphatic rings. The number of hydrogen-bond acceptors (Lipinski definition) is 5. The van der Waals surface area contributed by atoms with Crippen molar-refractivity contribution >= 4 is 20.8 Å². The van der Waals surface area contributed by atoms with E-state index in [1.807, 2.05) is 36.4 Å². The summed E-state index contributed by atoms with van der Waals surface area (Å²) in [6.45, 7) is 0. The molecule has 0 radical (unpaired) electrons. The van der Waals surface area contributed by atoms with Crippen molar-refractivity contribution in [3.63, 3.8) is 0 Å². The maximum Gasteiger partial charge on any atom is 1.00 e. The molecule has 1 aromatic rings. The second-order valence-corrected chi connectivity index (χ2v) is 3.78. The van der Waals surface area contributed by atoms with Crippen LogP contribution in [0.3, 0.4) is 0 Å². The van der Waals surface area contributed by atoms with Crippen LogP contribution in [-0.4, -0.2) is 35.0 Å². The van der Waals surface area contributed by atoms with Gasteiger partial charge in [-0.15, -0.1) is 0 Å². The van der Waals surface area contributed by atoms with Gasteiger partial charge in [-0.25, -0.2) is 8.42 Å². The molecule has 11 heteroatoms. The van der Waals surface area contributed by atoms with Crippen LogP contribution >= 0.6 is 0 Å². The van der Waals surface area contributed by atoms with Crippen molar-refractivity contribution < 1.29 is 64.6 Å². The zero-order valence-corrected chi connectivity index (χ0v) is 12.3. The molecule has 94 valence electrons. The first kappa shape index (κ1) is 22.2. The fourth-order valence-corrected chi connectivity index (χ4v) is 0.385. The Morgan fingerprint density at radius 3 is 0.824 bits per heavy atom. The predicted octanol–water partition coefficient (Wildman–Crippen LogP) is -2.96. The van der Waals surface area contributed by atoms with Gasteiger partial charge in [0.1, 0.15) is 0 Å². The van der Waals surface area contributed by atoms with E-state index < -0.39 is 20.8 Å². The molecule has 0 aliphatic carbocycles. The van der Waals surface area contributed by atoms with Crippen LogP contribution in [0, 0.1) is 0 Å². The minimum absolute atomic E-state index is 0. The molecule has 0 bridgehead atoms. The van der Waals surface area contributed by atoms with Gasteiger partial charge in [0.05, 0.1) is 0 Å². The van der Waals surface area contributed by atoms with E-state index in [-0.39, 0.29) is 29.6 Å². The molecule has 1 rings (SSSR count). The summed E-state index contributed by atoms with van der Waals surface area (Å²) in [5.41, 5.74) is 0. The Morgan fingerprint density at radius 1 is 0.706 bits per heavy atom. The molecule has 0 spiro atoms. The van der Waals surface area contributed by atoms with E-state index in [0.29, 0.717) is 0 Å². The molecule has 0 aromatic heterocycles. The standard InChI is InChI=1S/C6H6.Na.2H2O4S/c1-2-4-6-5-3-1;;2*1-5(2,3)4/h1-6H;;2*(H2,1,2,3,4)/q;+1;;/p-1. The minimum atomic E-state index is -4.92. The fraction of sp³-hybridized carbons (Fsp3) is 0. The second-order valence-electron chi connectivity index (χ2n) is 2.03. The van der Waals surface area contributed by atoms with Crippen LogP contribution < -0.4 is 29.6 Å². The van der Waals surface area contributed by atoms with Crippen LogP contribution in [0.1, 0.15) is 0 Å². The first-order valence-electron chi connectivity index (χ1n) is 3.38. The third-order valence-corrected chi connectivity index (χ3v) is 0.667. The summed E-state index contributed by atoms with van der Waals surface area (Å²) in [5.74, 6) is 0. The van der Waals surface area contributed by atoms with E-state index in [9.17, 15) is 0 Å². The summed E-state index contributed by atoms with van der Waals surface area (Å²) in [6.07, 6.45) is 0. The minimum Gasteiger partial charge on any atom is -0.726 e. The summed E-state index contributed by atoms with van der Waals surface area (Å²) in [6, 6.07) is 12.0. The van der Waals surface area contributed by atoms with Gasteiger partial charge in [-0.1, -0.05) is 36.4 Å². The van der Waals surface area contributed by atoms with Gasteiger partial charge >= 0.3 is 40.0 Å². The van der Waals surface area contributed by atoms with Crippen molar-refractivity contribution in [1.29, 1.82) is 0 Å². The van der Waals surface area contributed by atoms with Gasteiger partial charge in [0.15, 0.2) is 0 Å². The van der Waals surface area contributed by atoms with Gasteiger partial charge < -0.3 is 4.55 Å². The van der Waals surface area contributed by atoms with Gasteiger partial charge in [0, 0.05) is 0 Å². The Morgan fingerprint density at radius 2 is 0.765 bits per heavy atom. The number of benzene rings is 1. The molecule has 0 fully saturated rings. The summed E-state index contributed by atoms with van der Waals surface area (Å²) in [5, 5.41) is 0. The molecule has 3 N–H and O–H groups in total. The van der Waals surface area contributed by atoms with E-state index in [1.54, 1.807) is 0 Å². The Kier molecular flexibility index (Phi) is 14.4. The molecule has 0 heterocycles. The Labute approximate surface area is 121 Å². The maximum absolute atomic E-state index is 8.74. The maximum atomic E-state index is 8.74. The van der Waals surface area contributed by atoms with Gasteiger partial charge in [-0.3, -0.25) is 13.7 Å². The third kappa shape index (κ3) is 87.6. The molecular weight excluding hydrogens is 287 g/mol. The van der Waals surface area contributed by atoms with Crippen molar-refractivity contribution in [3.8, 4) is 0 Å². The summed E-state index contributed by atoms with van der Waals surface area (Å²) in [7, 11) is -9.58. The first-order chi connectivity index (χ1) is 7.00. The Balaban J connectivity index is -0.000000170. The summed E-state index contributed by atoms with van der Waals surface area (Å²) < 4.78 is 64.4. The van der Waals surface area contributed by atoms with Crippen LogP contribution in [0.2, 0.25) is 0 Å². The molecule has 8 nitrogen and oxygen atoms in total. The van der Waals surface area contributed by atoms with Crippen molar-refractivity contribution in [2.75, 3.05) is 0 Å². The van der Waals surface area contributed by atoms with E-state index in [1.165, 1.54) is 0 Å². The summed E-state index contributed by atoms with van der Waals surface area (Å²) >= 11 is 0. The largest absolute Gasteiger partial charge is 1.00 e. The van der Waals surface area contributed by atoms with E-state index >= 15 is 0 Å². The van der Waals surface area contributed by atoms with E-state index in [0.717, 1.165) is 0 Å². The monoisotopic (exact) mass is 296 g/mol. The fourth-order valence-electron chi connectivity index (χ4n) is 0.385.